The third-order valence-corrected chi connectivity index (χ3v) is 3.06. The van der Waals surface area contributed by atoms with Gasteiger partial charge >= 0.3 is 0 Å². The molecule has 18 heavy (non-hydrogen) atoms. The molecule has 3 nitrogen and oxygen atoms in total. The van der Waals surface area contributed by atoms with Gasteiger partial charge in [-0.3, -0.25) is 0 Å². The molecule has 0 bridgehead atoms. The number of halogens is 1. The Hall–Kier alpha value is -0.580. The summed E-state index contributed by atoms with van der Waals surface area (Å²) >= 11 is 3.48. The number of nitrogens with two attached hydrogens (primary N) is 1. The summed E-state index contributed by atoms with van der Waals surface area (Å²) in [5.74, 6) is 0.938. The van der Waals surface area contributed by atoms with E-state index in [-0.39, 0.29) is 6.04 Å². The molecule has 0 saturated heterocycles. The molecule has 1 rings (SSSR count). The largest absolute Gasteiger partial charge is 0.493 e. The molecule has 1 aromatic rings. The number of benzene rings is 1. The summed E-state index contributed by atoms with van der Waals surface area (Å²) in [4.78, 5) is 0. The highest BCUT2D eigenvalue weighted by Crippen LogP contribution is 2.24. The van der Waals surface area contributed by atoms with E-state index in [0.717, 1.165) is 48.3 Å². The van der Waals surface area contributed by atoms with Gasteiger partial charge in [-0.15, -0.1) is 0 Å². The second-order valence-corrected chi connectivity index (χ2v) is 5.40. The van der Waals surface area contributed by atoms with Crippen LogP contribution in [-0.4, -0.2) is 26.4 Å². The minimum atomic E-state index is 0.134. The number of ether oxygens (including phenoxy) is 2. The maximum Gasteiger partial charge on any atom is 0.122 e. The number of rotatable bonds is 8. The van der Waals surface area contributed by atoms with Crippen LogP contribution in [0.2, 0.25) is 0 Å². The van der Waals surface area contributed by atoms with Crippen LogP contribution in [-0.2, 0) is 11.2 Å². The predicted octanol–water partition coefficient (Wildman–Crippen LogP) is 3.14. The minimum Gasteiger partial charge on any atom is -0.493 e. The van der Waals surface area contributed by atoms with Crippen molar-refractivity contribution in [2.45, 2.75) is 32.2 Å². The van der Waals surface area contributed by atoms with Crippen LogP contribution in [0.1, 0.15) is 25.3 Å². The van der Waals surface area contributed by atoms with E-state index in [2.05, 4.69) is 22.0 Å². The van der Waals surface area contributed by atoms with Crippen molar-refractivity contribution < 1.29 is 9.47 Å². The lowest BCUT2D eigenvalue weighted by Gasteiger charge is -2.13. The minimum absolute atomic E-state index is 0.134. The van der Waals surface area contributed by atoms with E-state index in [1.165, 1.54) is 0 Å². The number of hydrogen-bond acceptors (Lipinski definition) is 3. The molecule has 4 heteroatoms. The van der Waals surface area contributed by atoms with E-state index in [1.54, 1.807) is 7.11 Å². The number of unbranched alkanes of at least 4 members (excludes halogenated alkanes) is 1. The van der Waals surface area contributed by atoms with Crippen molar-refractivity contribution in [1.29, 1.82) is 0 Å². The monoisotopic (exact) mass is 315 g/mol. The van der Waals surface area contributed by atoms with E-state index < -0.39 is 0 Å². The van der Waals surface area contributed by atoms with Gasteiger partial charge in [-0.2, -0.15) is 0 Å². The van der Waals surface area contributed by atoms with E-state index in [0.29, 0.717) is 0 Å². The molecule has 1 atom stereocenters. The van der Waals surface area contributed by atoms with Gasteiger partial charge in [-0.25, -0.2) is 0 Å². The van der Waals surface area contributed by atoms with Crippen LogP contribution in [0, 0.1) is 0 Å². The average Bonchev–Trinajstić information content (AvgIpc) is 2.30. The van der Waals surface area contributed by atoms with Crippen molar-refractivity contribution in [3.8, 4) is 5.75 Å². The maximum atomic E-state index is 5.85. The molecule has 0 spiro atoms. The molecule has 0 amide bonds. The van der Waals surface area contributed by atoms with E-state index >= 15 is 0 Å². The Balaban J connectivity index is 2.52. The molecule has 0 aliphatic carbocycles. The second kappa shape index (κ2) is 8.51. The summed E-state index contributed by atoms with van der Waals surface area (Å²) in [5.41, 5.74) is 7.01. The van der Waals surface area contributed by atoms with Crippen molar-refractivity contribution in [3.63, 3.8) is 0 Å². The summed E-state index contributed by atoms with van der Waals surface area (Å²) in [6, 6.07) is 6.20. The van der Waals surface area contributed by atoms with Crippen LogP contribution >= 0.6 is 15.9 Å². The predicted molar refractivity (Wildman–Crippen MR) is 78.1 cm³/mol. The number of hydrogen-bond donors (Lipinski definition) is 1. The first-order valence-corrected chi connectivity index (χ1v) is 7.08. The fourth-order valence-electron chi connectivity index (χ4n) is 1.73. The third-order valence-electron chi connectivity index (χ3n) is 2.56. The van der Waals surface area contributed by atoms with Crippen molar-refractivity contribution >= 4 is 15.9 Å². The zero-order valence-corrected chi connectivity index (χ0v) is 12.7. The molecule has 1 aromatic carbocycles. The Morgan fingerprint density at radius 3 is 2.67 bits per heavy atom. The molecule has 1 unspecified atom stereocenters. The smallest absolute Gasteiger partial charge is 0.122 e. The molecule has 0 fully saturated rings. The highest BCUT2D eigenvalue weighted by Gasteiger charge is 2.07. The van der Waals surface area contributed by atoms with Gasteiger partial charge in [0.05, 0.1) is 6.61 Å². The van der Waals surface area contributed by atoms with Gasteiger partial charge < -0.3 is 15.2 Å². The van der Waals surface area contributed by atoms with Gasteiger partial charge in [0.2, 0.25) is 0 Å². The first kappa shape index (κ1) is 15.5. The Bertz CT molecular complexity index is 356. The molecule has 2 N–H and O–H groups in total. The van der Waals surface area contributed by atoms with Crippen LogP contribution < -0.4 is 10.5 Å². The summed E-state index contributed by atoms with van der Waals surface area (Å²) < 4.78 is 11.9. The molecule has 0 radical (unpaired) electrons. The highest BCUT2D eigenvalue weighted by atomic mass is 79.9. The van der Waals surface area contributed by atoms with Crippen LogP contribution in [0.15, 0.2) is 22.7 Å². The molecule has 0 aliphatic heterocycles. The van der Waals surface area contributed by atoms with E-state index in [1.807, 2.05) is 19.1 Å². The zero-order chi connectivity index (χ0) is 13.4. The second-order valence-electron chi connectivity index (χ2n) is 4.48. The summed E-state index contributed by atoms with van der Waals surface area (Å²) in [6.45, 7) is 3.51. The number of methoxy groups -OCH3 is 1. The fraction of sp³-hybridized carbons (Fsp3) is 0.571. The summed E-state index contributed by atoms with van der Waals surface area (Å²) in [5, 5.41) is 0. The average molecular weight is 316 g/mol. The zero-order valence-electron chi connectivity index (χ0n) is 11.1. The van der Waals surface area contributed by atoms with E-state index in [4.69, 9.17) is 15.2 Å². The van der Waals surface area contributed by atoms with Crippen LogP contribution in [0.4, 0.5) is 0 Å². The highest BCUT2D eigenvalue weighted by molar-refractivity contribution is 9.10. The molecule has 0 aromatic heterocycles. The molecule has 0 heterocycles. The Morgan fingerprint density at radius 1 is 1.28 bits per heavy atom. The first-order chi connectivity index (χ1) is 8.63. The Kier molecular flexibility index (Phi) is 7.32. The molecular formula is C14H22BrNO2. The van der Waals surface area contributed by atoms with Crippen molar-refractivity contribution in [1.82, 2.24) is 0 Å². The normalized spacial score (nSPS) is 12.4. The standard InChI is InChI=1S/C14H22BrNO2/c1-11(16)9-12-10-13(15)5-6-14(12)18-8-4-3-7-17-2/h5-6,10-11H,3-4,7-9,16H2,1-2H3. The van der Waals surface area contributed by atoms with Gasteiger partial charge in [-0.1, -0.05) is 15.9 Å². The maximum absolute atomic E-state index is 5.85. The Labute approximate surface area is 118 Å². The van der Waals surface area contributed by atoms with Gasteiger partial charge in [0.1, 0.15) is 5.75 Å². The van der Waals surface area contributed by atoms with Crippen LogP contribution in [0.3, 0.4) is 0 Å². The van der Waals surface area contributed by atoms with Gasteiger partial charge in [0, 0.05) is 24.2 Å². The fourth-order valence-corrected chi connectivity index (χ4v) is 2.13. The molecule has 0 aliphatic rings. The lowest BCUT2D eigenvalue weighted by atomic mass is 10.1. The van der Waals surface area contributed by atoms with Crippen LogP contribution in [0.25, 0.3) is 0 Å². The summed E-state index contributed by atoms with van der Waals surface area (Å²) in [6.07, 6.45) is 2.85. The van der Waals surface area contributed by atoms with Gasteiger partial charge in [-0.05, 0) is 49.9 Å². The Morgan fingerprint density at radius 2 is 2.00 bits per heavy atom. The van der Waals surface area contributed by atoms with Crippen molar-refractivity contribution in [2.75, 3.05) is 20.3 Å². The van der Waals surface area contributed by atoms with E-state index in [9.17, 15) is 0 Å². The lowest BCUT2D eigenvalue weighted by molar-refractivity contribution is 0.184. The summed E-state index contributed by atoms with van der Waals surface area (Å²) in [7, 11) is 1.72. The van der Waals surface area contributed by atoms with Crippen molar-refractivity contribution in [3.05, 3.63) is 28.2 Å². The SMILES string of the molecule is COCCCCOc1ccc(Br)cc1CC(C)N. The quantitative estimate of drug-likeness (QED) is 0.749. The van der Waals surface area contributed by atoms with Gasteiger partial charge in [0.15, 0.2) is 0 Å². The molecular weight excluding hydrogens is 294 g/mol. The molecule has 102 valence electrons. The van der Waals surface area contributed by atoms with Crippen molar-refractivity contribution in [2.24, 2.45) is 5.73 Å². The lowest BCUT2D eigenvalue weighted by Crippen LogP contribution is -2.18. The first-order valence-electron chi connectivity index (χ1n) is 6.29. The third kappa shape index (κ3) is 5.85. The van der Waals surface area contributed by atoms with Crippen LogP contribution in [0.5, 0.6) is 5.75 Å². The topological polar surface area (TPSA) is 44.5 Å². The molecule has 0 saturated carbocycles. The van der Waals surface area contributed by atoms with Gasteiger partial charge in [0.25, 0.3) is 0 Å².